The van der Waals surface area contributed by atoms with E-state index in [9.17, 15) is 5.11 Å². The second-order valence-corrected chi connectivity index (χ2v) is 5.91. The van der Waals surface area contributed by atoms with Gasteiger partial charge >= 0.3 is 5.95 Å². The lowest BCUT2D eigenvalue weighted by Crippen LogP contribution is -2.46. The maximum absolute atomic E-state index is 11.3. The highest BCUT2D eigenvalue weighted by atomic mass is 35.5. The molecule has 1 aliphatic carbocycles. The lowest BCUT2D eigenvalue weighted by atomic mass is 10.0. The van der Waals surface area contributed by atoms with Crippen LogP contribution in [-0.4, -0.2) is 16.1 Å². The summed E-state index contributed by atoms with van der Waals surface area (Å²) in [4.78, 5) is 6.50. The van der Waals surface area contributed by atoms with Crippen molar-refractivity contribution in [2.75, 3.05) is 4.90 Å². The highest BCUT2D eigenvalue weighted by Crippen LogP contribution is 2.42. The zero-order valence-electron chi connectivity index (χ0n) is 10.9. The Balaban J connectivity index is 1.83. The normalized spacial score (nSPS) is 24.8. The SMILES string of the molecule is O[C@@]1(c2ccc(Cl)cc2)C[n+]2cccnc2N1C1CC1. The summed E-state index contributed by atoms with van der Waals surface area (Å²) in [5.74, 6) is 0.840. The maximum atomic E-state index is 11.3. The molecule has 4 nitrogen and oxygen atoms in total. The van der Waals surface area contributed by atoms with Crippen LogP contribution in [0.4, 0.5) is 5.95 Å². The van der Waals surface area contributed by atoms with Gasteiger partial charge in [0, 0.05) is 16.7 Å². The first-order chi connectivity index (χ1) is 9.68. The van der Waals surface area contributed by atoms with E-state index in [1.165, 1.54) is 0 Å². The fourth-order valence-corrected chi connectivity index (χ4v) is 3.07. The molecule has 1 N–H and O–H groups in total. The van der Waals surface area contributed by atoms with E-state index in [4.69, 9.17) is 11.6 Å². The van der Waals surface area contributed by atoms with E-state index in [0.717, 1.165) is 24.4 Å². The second-order valence-electron chi connectivity index (χ2n) is 5.47. The molecule has 5 heteroatoms. The van der Waals surface area contributed by atoms with Gasteiger partial charge in [0.2, 0.25) is 5.72 Å². The van der Waals surface area contributed by atoms with Gasteiger partial charge in [-0.1, -0.05) is 28.7 Å². The lowest BCUT2D eigenvalue weighted by molar-refractivity contribution is -0.685. The molecule has 2 heterocycles. The van der Waals surface area contributed by atoms with Crippen LogP contribution >= 0.6 is 11.6 Å². The highest BCUT2D eigenvalue weighted by Gasteiger charge is 2.57. The van der Waals surface area contributed by atoms with Gasteiger partial charge in [-0.3, -0.25) is 0 Å². The average molecular weight is 289 g/mol. The molecule has 0 saturated heterocycles. The van der Waals surface area contributed by atoms with Crippen molar-refractivity contribution in [2.24, 2.45) is 0 Å². The van der Waals surface area contributed by atoms with E-state index < -0.39 is 5.72 Å². The van der Waals surface area contributed by atoms with Crippen LogP contribution in [-0.2, 0) is 12.3 Å². The Morgan fingerprint density at radius 1 is 1.30 bits per heavy atom. The molecule has 2 aliphatic rings. The Morgan fingerprint density at radius 3 is 2.75 bits per heavy atom. The third-order valence-corrected chi connectivity index (χ3v) is 4.27. The Kier molecular flexibility index (Phi) is 2.53. The quantitative estimate of drug-likeness (QED) is 0.858. The summed E-state index contributed by atoms with van der Waals surface area (Å²) in [6.07, 6.45) is 5.94. The number of hydrogen-bond donors (Lipinski definition) is 1. The molecule has 0 unspecified atom stereocenters. The summed E-state index contributed by atoms with van der Waals surface area (Å²) < 4.78 is 2.01. The van der Waals surface area contributed by atoms with Gasteiger partial charge in [-0.25, -0.2) is 9.47 Å². The second kappa shape index (κ2) is 4.17. The highest BCUT2D eigenvalue weighted by molar-refractivity contribution is 6.30. The van der Waals surface area contributed by atoms with Crippen molar-refractivity contribution in [3.63, 3.8) is 0 Å². The first-order valence-electron chi connectivity index (χ1n) is 6.81. The fraction of sp³-hybridized carbons (Fsp3) is 0.333. The van der Waals surface area contributed by atoms with E-state index in [2.05, 4.69) is 9.88 Å². The van der Waals surface area contributed by atoms with Crippen LogP contribution in [0.3, 0.4) is 0 Å². The Morgan fingerprint density at radius 2 is 2.05 bits per heavy atom. The molecule has 102 valence electrons. The van der Waals surface area contributed by atoms with Gasteiger partial charge in [0.05, 0.1) is 12.2 Å². The standard InChI is InChI=1S/C15H15ClN3O/c16-12-4-2-11(3-5-12)15(20)10-18-9-1-8-17-14(18)19(15)13-6-7-13/h1-5,8-9,13,20H,6-7,10H2/q+1/t15-/m1/s1. The third-order valence-electron chi connectivity index (χ3n) is 4.02. The molecule has 0 bridgehead atoms. The van der Waals surface area contributed by atoms with Crippen molar-refractivity contribution in [3.8, 4) is 0 Å². The number of aliphatic hydroxyl groups is 1. The summed E-state index contributed by atoms with van der Waals surface area (Å²) in [5, 5.41) is 11.9. The van der Waals surface area contributed by atoms with E-state index in [1.807, 2.05) is 41.1 Å². The first kappa shape index (κ1) is 12.1. The maximum Gasteiger partial charge on any atom is 0.397 e. The van der Waals surface area contributed by atoms with Crippen LogP contribution < -0.4 is 9.47 Å². The van der Waals surface area contributed by atoms with Crippen LogP contribution in [0.25, 0.3) is 0 Å². The Bertz CT molecular complexity index is 656. The first-order valence-corrected chi connectivity index (χ1v) is 7.18. The van der Waals surface area contributed by atoms with Gasteiger partial charge in [-0.05, 0) is 25.0 Å². The van der Waals surface area contributed by atoms with Gasteiger partial charge in [0.25, 0.3) is 0 Å². The Labute approximate surface area is 122 Å². The van der Waals surface area contributed by atoms with E-state index in [0.29, 0.717) is 17.6 Å². The van der Waals surface area contributed by atoms with Crippen molar-refractivity contribution in [1.29, 1.82) is 0 Å². The molecule has 20 heavy (non-hydrogen) atoms. The molecule has 0 spiro atoms. The topological polar surface area (TPSA) is 40.2 Å². The number of aromatic nitrogens is 2. The molecular weight excluding hydrogens is 274 g/mol. The minimum Gasteiger partial charge on any atom is -0.353 e. The number of hydrogen-bond acceptors (Lipinski definition) is 3. The van der Waals surface area contributed by atoms with E-state index in [1.54, 1.807) is 6.20 Å². The molecule has 4 rings (SSSR count). The molecule has 1 aliphatic heterocycles. The molecule has 2 aromatic rings. The average Bonchev–Trinajstić information content (AvgIpc) is 3.22. The largest absolute Gasteiger partial charge is 0.397 e. The zero-order valence-corrected chi connectivity index (χ0v) is 11.7. The smallest absolute Gasteiger partial charge is 0.353 e. The number of fused-ring (bicyclic) bond motifs is 1. The summed E-state index contributed by atoms with van der Waals surface area (Å²) in [6.45, 7) is 0.494. The van der Waals surface area contributed by atoms with Crippen molar-refractivity contribution in [1.82, 2.24) is 4.98 Å². The van der Waals surface area contributed by atoms with Gasteiger partial charge < -0.3 is 5.11 Å². The molecule has 1 aromatic carbocycles. The summed E-state index contributed by atoms with van der Waals surface area (Å²) in [7, 11) is 0. The van der Waals surface area contributed by atoms with Crippen LogP contribution in [0.5, 0.6) is 0 Å². The number of benzene rings is 1. The van der Waals surface area contributed by atoms with Crippen LogP contribution in [0.2, 0.25) is 5.02 Å². The lowest BCUT2D eigenvalue weighted by Gasteiger charge is -2.28. The van der Waals surface area contributed by atoms with Crippen molar-refractivity contribution >= 4 is 17.5 Å². The van der Waals surface area contributed by atoms with Gasteiger partial charge in [-0.2, -0.15) is 0 Å². The monoisotopic (exact) mass is 288 g/mol. The molecule has 1 atom stereocenters. The van der Waals surface area contributed by atoms with Crippen LogP contribution in [0.1, 0.15) is 18.4 Å². The van der Waals surface area contributed by atoms with Gasteiger partial charge in [0.1, 0.15) is 12.7 Å². The molecule has 1 fully saturated rings. The predicted octanol–water partition coefficient (Wildman–Crippen LogP) is 1.85. The summed E-state index contributed by atoms with van der Waals surface area (Å²) in [6, 6.07) is 9.69. The zero-order chi connectivity index (χ0) is 13.7. The Hall–Kier alpha value is -1.65. The molecular formula is C15H15ClN3O+. The molecule has 1 saturated carbocycles. The molecule has 0 radical (unpaired) electrons. The van der Waals surface area contributed by atoms with Gasteiger partial charge in [-0.15, -0.1) is 0 Å². The minimum atomic E-state index is -1.03. The predicted molar refractivity (Wildman–Crippen MR) is 75.3 cm³/mol. The molecule has 0 amide bonds. The van der Waals surface area contributed by atoms with Crippen molar-refractivity contribution < 1.29 is 9.67 Å². The summed E-state index contributed by atoms with van der Waals surface area (Å²) >= 11 is 5.95. The fourth-order valence-electron chi connectivity index (χ4n) is 2.94. The van der Waals surface area contributed by atoms with E-state index >= 15 is 0 Å². The van der Waals surface area contributed by atoms with Crippen molar-refractivity contribution in [2.45, 2.75) is 31.2 Å². The van der Waals surface area contributed by atoms with Crippen molar-refractivity contribution in [3.05, 3.63) is 53.3 Å². The number of nitrogens with zero attached hydrogens (tertiary/aromatic N) is 3. The van der Waals surface area contributed by atoms with Crippen LogP contribution in [0.15, 0.2) is 42.7 Å². The number of halogens is 1. The third kappa shape index (κ3) is 1.72. The summed E-state index contributed by atoms with van der Waals surface area (Å²) in [5.41, 5.74) is -0.174. The van der Waals surface area contributed by atoms with Crippen LogP contribution in [0, 0.1) is 0 Å². The number of anilines is 1. The molecule has 1 aromatic heterocycles. The number of rotatable bonds is 2. The van der Waals surface area contributed by atoms with E-state index in [-0.39, 0.29) is 0 Å². The van der Waals surface area contributed by atoms with Gasteiger partial charge in [0.15, 0.2) is 0 Å². The minimum absolute atomic E-state index is 0.374.